The summed E-state index contributed by atoms with van der Waals surface area (Å²) in [7, 11) is 3.21. The third-order valence-electron chi connectivity index (χ3n) is 6.67. The van der Waals surface area contributed by atoms with Crippen molar-refractivity contribution >= 4 is 46.0 Å². The Kier molecular flexibility index (Phi) is 8.89. The summed E-state index contributed by atoms with van der Waals surface area (Å²) in [6.07, 6.45) is 0.544. The number of rotatable bonds is 10. The van der Waals surface area contributed by atoms with Crippen molar-refractivity contribution in [3.63, 3.8) is 0 Å². The van der Waals surface area contributed by atoms with Gasteiger partial charge in [-0.2, -0.15) is 5.26 Å². The van der Waals surface area contributed by atoms with Crippen molar-refractivity contribution in [2.45, 2.75) is 16.9 Å². The molecule has 0 fully saturated rings. The number of carbonyl (C=O) groups is 1. The number of nitriles is 1. The first-order valence-electron chi connectivity index (χ1n) is 13.0. The highest BCUT2D eigenvalue weighted by Gasteiger charge is 2.27. The lowest BCUT2D eigenvalue weighted by Gasteiger charge is -2.13. The summed E-state index contributed by atoms with van der Waals surface area (Å²) in [6, 6.07) is 16.3. The number of nitrogens with one attached hydrogen (secondary N) is 1. The smallest absolute Gasteiger partial charge is 0.269 e. The van der Waals surface area contributed by atoms with Crippen LogP contribution in [-0.2, 0) is 12.8 Å². The normalized spacial score (nSPS) is 11.8. The number of ether oxygens (including phenoxy) is 1. The molecular formula is C30H27ClN6O5S. The van der Waals surface area contributed by atoms with Crippen LogP contribution >= 0.6 is 23.4 Å². The maximum Gasteiger partial charge on any atom is 0.269 e. The summed E-state index contributed by atoms with van der Waals surface area (Å²) in [6.45, 7) is -0.501. The number of oxazole rings is 1. The highest BCUT2D eigenvalue weighted by molar-refractivity contribution is 7.98. The van der Waals surface area contributed by atoms with Crippen molar-refractivity contribution in [2.24, 2.45) is 7.05 Å². The van der Waals surface area contributed by atoms with E-state index in [4.69, 9.17) is 36.6 Å². The summed E-state index contributed by atoms with van der Waals surface area (Å²) in [5.41, 5.74) is 10.3. The number of thioether (sulfide) groups is 1. The fourth-order valence-corrected chi connectivity index (χ4v) is 5.53. The van der Waals surface area contributed by atoms with Crippen molar-refractivity contribution < 1.29 is 24.2 Å². The van der Waals surface area contributed by atoms with E-state index in [0.29, 0.717) is 55.3 Å². The number of amides is 1. The van der Waals surface area contributed by atoms with E-state index in [9.17, 15) is 15.2 Å². The predicted octanol–water partition coefficient (Wildman–Crippen LogP) is 4.39. The van der Waals surface area contributed by atoms with Gasteiger partial charge >= 0.3 is 0 Å². The number of pyridine rings is 1. The number of fused-ring (bicyclic) bond motifs is 1. The molecule has 1 atom stereocenters. The number of aromatic nitrogens is 3. The van der Waals surface area contributed by atoms with Crippen LogP contribution in [0.1, 0.15) is 21.7 Å². The minimum absolute atomic E-state index is 0.0809. The molecule has 3 heterocycles. The van der Waals surface area contributed by atoms with Crippen LogP contribution in [0.25, 0.3) is 33.6 Å². The molecule has 0 saturated heterocycles. The van der Waals surface area contributed by atoms with E-state index in [2.05, 4.69) is 16.4 Å². The third kappa shape index (κ3) is 6.02. The van der Waals surface area contributed by atoms with Gasteiger partial charge in [0.1, 0.15) is 47.2 Å². The largest absolute Gasteiger partial charge is 0.491 e. The molecule has 0 aliphatic rings. The molecule has 0 radical (unpaired) electrons. The number of carbonyl (C=O) groups excluding carboxylic acids is 1. The van der Waals surface area contributed by atoms with Crippen molar-refractivity contribution in [3.8, 4) is 34.4 Å². The minimum Gasteiger partial charge on any atom is -0.491 e. The molecule has 2 aromatic carbocycles. The number of aryl methyl sites for hydroxylation is 1. The summed E-state index contributed by atoms with van der Waals surface area (Å²) < 4.78 is 12.8. The average Bonchev–Trinajstić information content (AvgIpc) is 3.60. The minimum atomic E-state index is -1.01. The molecule has 5 N–H and O–H groups in total. The summed E-state index contributed by atoms with van der Waals surface area (Å²) in [5, 5.41) is 33.2. The number of halogens is 1. The van der Waals surface area contributed by atoms with E-state index in [-0.39, 0.29) is 29.5 Å². The average molecular weight is 619 g/mol. The first-order chi connectivity index (χ1) is 20.7. The summed E-state index contributed by atoms with van der Waals surface area (Å²) in [4.78, 5) is 22.1. The van der Waals surface area contributed by atoms with Crippen LogP contribution < -0.4 is 15.8 Å². The quantitative estimate of drug-likeness (QED) is 0.164. The maximum atomic E-state index is 12.8. The molecule has 1 unspecified atom stereocenters. The van der Waals surface area contributed by atoms with Gasteiger partial charge in [-0.15, -0.1) is 0 Å². The van der Waals surface area contributed by atoms with Crippen LogP contribution in [0, 0.1) is 11.3 Å². The Morgan fingerprint density at radius 1 is 1.21 bits per heavy atom. The third-order valence-corrected chi connectivity index (χ3v) is 7.93. The van der Waals surface area contributed by atoms with Crippen LogP contribution in [0.5, 0.6) is 5.75 Å². The predicted molar refractivity (Wildman–Crippen MR) is 164 cm³/mol. The molecule has 43 heavy (non-hydrogen) atoms. The zero-order valence-electron chi connectivity index (χ0n) is 23.2. The van der Waals surface area contributed by atoms with E-state index in [1.165, 1.54) is 18.8 Å². The van der Waals surface area contributed by atoms with Crippen LogP contribution in [0.2, 0.25) is 5.02 Å². The number of benzene rings is 2. The summed E-state index contributed by atoms with van der Waals surface area (Å²) >= 11 is 7.30. The molecule has 0 aliphatic heterocycles. The molecule has 0 aliphatic carbocycles. The van der Waals surface area contributed by atoms with Gasteiger partial charge in [-0.1, -0.05) is 35.5 Å². The molecule has 11 nitrogen and oxygen atoms in total. The van der Waals surface area contributed by atoms with Gasteiger partial charge in [-0.3, -0.25) is 4.79 Å². The van der Waals surface area contributed by atoms with Gasteiger partial charge in [0.2, 0.25) is 5.89 Å². The van der Waals surface area contributed by atoms with Gasteiger partial charge in [-0.25, -0.2) is 9.97 Å². The van der Waals surface area contributed by atoms with E-state index >= 15 is 0 Å². The van der Waals surface area contributed by atoms with E-state index in [0.717, 1.165) is 5.56 Å². The van der Waals surface area contributed by atoms with Gasteiger partial charge in [-0.05, 0) is 42.0 Å². The Balaban J connectivity index is 1.57. The fourth-order valence-electron chi connectivity index (χ4n) is 4.55. The first-order valence-corrected chi connectivity index (χ1v) is 14.4. The van der Waals surface area contributed by atoms with E-state index in [1.807, 2.05) is 12.1 Å². The van der Waals surface area contributed by atoms with Gasteiger partial charge in [0.25, 0.3) is 5.91 Å². The zero-order valence-corrected chi connectivity index (χ0v) is 24.7. The van der Waals surface area contributed by atoms with Crippen LogP contribution in [0.4, 0.5) is 5.69 Å². The Morgan fingerprint density at radius 2 is 1.91 bits per heavy atom. The molecule has 5 rings (SSSR count). The number of nitrogen functional groups attached to an aromatic ring is 1. The molecule has 220 valence electrons. The molecule has 1 amide bonds. The first kappa shape index (κ1) is 29.9. The number of nitrogens with zero attached hydrogens (tertiary/aromatic N) is 4. The molecule has 13 heteroatoms. The number of hydrogen-bond acceptors (Lipinski definition) is 10. The Bertz CT molecular complexity index is 1830. The Labute approximate surface area is 255 Å². The van der Waals surface area contributed by atoms with E-state index in [1.54, 1.807) is 54.3 Å². The molecular weight excluding hydrogens is 592 g/mol. The lowest BCUT2D eigenvalue weighted by Crippen LogP contribution is -2.21. The Morgan fingerprint density at radius 3 is 2.56 bits per heavy atom. The van der Waals surface area contributed by atoms with Gasteiger partial charge < -0.3 is 35.0 Å². The Hall–Kier alpha value is -4.54. The zero-order chi connectivity index (χ0) is 30.7. The SMILES string of the molecule is CNC(=O)c1c(N)c2c(-c3ccc(OCC(O)CO)cc3)c(C#N)c(SCc3coc(-c4ccc(Cl)cc4)n3)nc2n1C. The van der Waals surface area contributed by atoms with Gasteiger partial charge in [0.05, 0.1) is 28.9 Å². The van der Waals surface area contributed by atoms with Gasteiger partial charge in [0, 0.05) is 36.0 Å². The number of anilines is 1. The fraction of sp³-hybridized carbons (Fsp3) is 0.200. The monoisotopic (exact) mass is 618 g/mol. The highest BCUT2D eigenvalue weighted by Crippen LogP contribution is 2.42. The molecule has 0 bridgehead atoms. The maximum absolute atomic E-state index is 12.8. The number of hydrogen-bond donors (Lipinski definition) is 4. The molecule has 3 aromatic heterocycles. The second kappa shape index (κ2) is 12.8. The number of aliphatic hydroxyl groups is 2. The molecule has 0 spiro atoms. The van der Waals surface area contributed by atoms with Crippen molar-refractivity contribution in [1.29, 1.82) is 5.26 Å². The van der Waals surface area contributed by atoms with Gasteiger partial charge in [0.15, 0.2) is 0 Å². The van der Waals surface area contributed by atoms with Crippen LogP contribution in [-0.4, -0.2) is 57.0 Å². The topological polar surface area (TPSA) is 172 Å². The second-order valence-electron chi connectivity index (χ2n) is 9.49. The van der Waals surface area contributed by atoms with Crippen molar-refractivity contribution in [1.82, 2.24) is 19.9 Å². The standard InChI is InChI=1S/C30H27ClN6O5S/c1-34-28(40)26-25(33)24-23(16-5-9-21(10-6-16)41-14-20(39)12-38)22(11-32)30(36-27(24)37(26)2)43-15-19-13-42-29(35-19)17-3-7-18(31)8-4-17/h3-10,13,20,38-39H,12,14-15,33H2,1-2H3,(H,34,40). The highest BCUT2D eigenvalue weighted by atomic mass is 35.5. The second-order valence-corrected chi connectivity index (χ2v) is 10.9. The van der Waals surface area contributed by atoms with E-state index < -0.39 is 12.7 Å². The van der Waals surface area contributed by atoms with Crippen LogP contribution in [0.3, 0.4) is 0 Å². The summed E-state index contributed by atoms with van der Waals surface area (Å²) in [5.74, 6) is 0.867. The number of aliphatic hydroxyl groups excluding tert-OH is 2. The molecule has 5 aromatic rings. The van der Waals surface area contributed by atoms with Crippen molar-refractivity contribution in [2.75, 3.05) is 26.0 Å². The van der Waals surface area contributed by atoms with Crippen LogP contribution in [0.15, 0.2) is 64.2 Å². The lowest BCUT2D eigenvalue weighted by molar-refractivity contribution is 0.0536. The lowest BCUT2D eigenvalue weighted by atomic mass is 9.98. The van der Waals surface area contributed by atoms with Crippen molar-refractivity contribution in [3.05, 3.63) is 76.8 Å². The molecule has 0 saturated carbocycles. The number of nitrogens with two attached hydrogens (primary N) is 1.